The van der Waals surface area contributed by atoms with E-state index in [2.05, 4.69) is 54.4 Å². The molecule has 1 saturated heterocycles. The van der Waals surface area contributed by atoms with Crippen molar-refractivity contribution in [1.82, 2.24) is 10.2 Å². The second-order valence-electron chi connectivity index (χ2n) is 14.4. The molecule has 9 nitrogen and oxygen atoms in total. The molecule has 1 saturated carbocycles. The van der Waals surface area contributed by atoms with Crippen molar-refractivity contribution in [3.8, 4) is 11.1 Å². The van der Waals surface area contributed by atoms with Crippen molar-refractivity contribution in [3.63, 3.8) is 0 Å². The number of aryl methyl sites for hydroxylation is 1. The number of ether oxygens (including phenoxy) is 2. The zero-order chi connectivity index (χ0) is 40.7. The number of sulfone groups is 1. The summed E-state index contributed by atoms with van der Waals surface area (Å²) >= 11 is 2.12. The first kappa shape index (κ1) is 49.6. The summed E-state index contributed by atoms with van der Waals surface area (Å²) in [5.74, 6) is -2.13. The molecule has 2 aliphatic rings. The predicted octanol–water partition coefficient (Wildman–Crippen LogP) is 9.20. The molecule has 308 valence electrons. The first-order valence-corrected chi connectivity index (χ1v) is 23.0. The maximum Gasteiger partial charge on any atom is 0.326 e. The lowest BCUT2D eigenvalue weighted by molar-refractivity contribution is -0.139. The van der Waals surface area contributed by atoms with Gasteiger partial charge in [0.2, 0.25) is 0 Å². The molecule has 0 spiro atoms. The van der Waals surface area contributed by atoms with Gasteiger partial charge in [0.15, 0.2) is 0 Å². The van der Waals surface area contributed by atoms with E-state index in [0.717, 1.165) is 77.9 Å². The van der Waals surface area contributed by atoms with Crippen LogP contribution in [0, 0.1) is 6.92 Å². The van der Waals surface area contributed by atoms with Crippen LogP contribution in [-0.2, 0) is 30.7 Å². The highest BCUT2D eigenvalue weighted by molar-refractivity contribution is 8.00. The standard InChI is InChI=1S/C30H40N2O6S.C9H20S.C2H6O.C2H6/c1-21-8-6-7-11-25(21)27-18-22(19-32-16-14-24(20-32)38-23-9-4-3-5-10-23)12-13-26(27)29(33)31-28(30(34)35)15-17-39(2,36)37;1-5-7-9(4)10-8(3)6-2;1-3-2;1-2/h6-8,11-13,18,23-24,28H,3-5,9-10,14-17,19-20H2,1-2H3,(H,31,33)(H,34,35);8-9H,5-7H2,1-4H3;1-2H3;1-2H3. The molecular formula is C43H72N2O7S2. The van der Waals surface area contributed by atoms with Crippen LogP contribution in [0.15, 0.2) is 42.5 Å². The van der Waals surface area contributed by atoms with E-state index in [4.69, 9.17) is 4.74 Å². The van der Waals surface area contributed by atoms with E-state index in [-0.39, 0.29) is 18.3 Å². The van der Waals surface area contributed by atoms with Gasteiger partial charge in [-0.2, -0.15) is 11.8 Å². The molecule has 0 aromatic heterocycles. The number of hydrogen-bond acceptors (Lipinski definition) is 8. The summed E-state index contributed by atoms with van der Waals surface area (Å²) in [6.45, 7) is 17.7. The van der Waals surface area contributed by atoms with Crippen LogP contribution in [-0.4, -0.2) is 98.4 Å². The van der Waals surface area contributed by atoms with Crippen molar-refractivity contribution in [1.29, 1.82) is 0 Å². The summed E-state index contributed by atoms with van der Waals surface area (Å²) in [4.78, 5) is 27.5. The molecule has 1 heterocycles. The molecule has 0 bridgehead atoms. The number of methoxy groups -OCH3 is 1. The van der Waals surface area contributed by atoms with Gasteiger partial charge in [-0.15, -0.1) is 0 Å². The van der Waals surface area contributed by atoms with Crippen LogP contribution in [0.25, 0.3) is 11.1 Å². The minimum atomic E-state index is -3.37. The highest BCUT2D eigenvalue weighted by Gasteiger charge is 2.28. The van der Waals surface area contributed by atoms with Crippen LogP contribution < -0.4 is 5.32 Å². The molecule has 4 atom stereocenters. The molecule has 2 aromatic carbocycles. The summed E-state index contributed by atoms with van der Waals surface area (Å²) < 4.78 is 33.8. The number of benzene rings is 2. The Hall–Kier alpha value is -2.44. The minimum absolute atomic E-state index is 0.198. The number of hydrogen-bond donors (Lipinski definition) is 2. The van der Waals surface area contributed by atoms with Gasteiger partial charge in [-0.05, 0) is 79.8 Å². The molecule has 1 aliphatic carbocycles. The average Bonchev–Trinajstić information content (AvgIpc) is 3.57. The number of carbonyl (C=O) groups excluding carboxylic acids is 1. The van der Waals surface area contributed by atoms with Gasteiger partial charge < -0.3 is 19.9 Å². The molecule has 4 unspecified atom stereocenters. The third-order valence-corrected chi connectivity index (χ3v) is 11.9. The first-order chi connectivity index (χ1) is 25.7. The van der Waals surface area contributed by atoms with Gasteiger partial charge in [0, 0.05) is 56.2 Å². The van der Waals surface area contributed by atoms with E-state index in [1.165, 1.54) is 38.5 Å². The summed E-state index contributed by atoms with van der Waals surface area (Å²) in [7, 11) is -0.118. The summed E-state index contributed by atoms with van der Waals surface area (Å²) in [5, 5.41) is 13.9. The Bertz CT molecular complexity index is 1460. The molecule has 11 heteroatoms. The molecule has 0 radical (unpaired) electrons. The predicted molar refractivity (Wildman–Crippen MR) is 227 cm³/mol. The molecule has 2 aromatic rings. The number of carboxylic acids is 1. The normalized spacial score (nSPS) is 17.7. The maximum atomic E-state index is 13.3. The largest absolute Gasteiger partial charge is 0.480 e. The van der Waals surface area contributed by atoms with E-state index in [0.29, 0.717) is 11.7 Å². The average molecular weight is 793 g/mol. The third-order valence-electron chi connectivity index (χ3n) is 9.45. The molecular weight excluding hydrogens is 721 g/mol. The van der Waals surface area contributed by atoms with Gasteiger partial charge in [0.1, 0.15) is 15.9 Å². The van der Waals surface area contributed by atoms with Gasteiger partial charge in [0.05, 0.1) is 18.0 Å². The van der Waals surface area contributed by atoms with E-state index >= 15 is 0 Å². The fourth-order valence-corrected chi connectivity index (χ4v) is 8.58. The summed E-state index contributed by atoms with van der Waals surface area (Å²) in [6.07, 6.45) is 12.7. The summed E-state index contributed by atoms with van der Waals surface area (Å²) in [6, 6.07) is 12.1. The van der Waals surface area contributed by atoms with Gasteiger partial charge in [-0.25, -0.2) is 13.2 Å². The smallest absolute Gasteiger partial charge is 0.326 e. The zero-order valence-electron chi connectivity index (χ0n) is 35.0. The molecule has 54 heavy (non-hydrogen) atoms. The van der Waals surface area contributed by atoms with E-state index in [1.807, 2.05) is 57.2 Å². The quantitative estimate of drug-likeness (QED) is 0.171. The summed E-state index contributed by atoms with van der Waals surface area (Å²) in [5.41, 5.74) is 4.04. The number of carboxylic acid groups (broad SMARTS) is 1. The lowest BCUT2D eigenvalue weighted by atomic mass is 9.93. The minimum Gasteiger partial charge on any atom is -0.480 e. The van der Waals surface area contributed by atoms with Gasteiger partial charge in [-0.1, -0.05) is 97.6 Å². The van der Waals surface area contributed by atoms with Crippen LogP contribution in [0.3, 0.4) is 0 Å². The Morgan fingerprint density at radius 1 is 0.944 bits per heavy atom. The molecule has 4 rings (SSSR count). The van der Waals surface area contributed by atoms with Gasteiger partial charge in [-0.3, -0.25) is 9.69 Å². The highest BCUT2D eigenvalue weighted by atomic mass is 32.2. The van der Waals surface area contributed by atoms with Crippen molar-refractivity contribution >= 4 is 33.5 Å². The third kappa shape index (κ3) is 19.4. The second-order valence-corrected chi connectivity index (χ2v) is 18.5. The Morgan fingerprint density at radius 3 is 2.17 bits per heavy atom. The molecule has 2 fully saturated rings. The van der Waals surface area contributed by atoms with Crippen molar-refractivity contribution < 1.29 is 32.6 Å². The molecule has 2 N–H and O–H groups in total. The number of carbonyl (C=O) groups is 2. The Balaban J connectivity index is 0.000000827. The van der Waals surface area contributed by atoms with Crippen molar-refractivity contribution in [2.24, 2.45) is 0 Å². The van der Waals surface area contributed by atoms with Crippen molar-refractivity contribution in [3.05, 3.63) is 59.2 Å². The van der Waals surface area contributed by atoms with E-state index in [1.54, 1.807) is 20.3 Å². The fraction of sp³-hybridized carbons (Fsp3) is 0.674. The fourth-order valence-electron chi connectivity index (χ4n) is 6.56. The second kappa shape index (κ2) is 27.2. The molecule has 1 aliphatic heterocycles. The Morgan fingerprint density at radius 2 is 1.59 bits per heavy atom. The van der Waals surface area contributed by atoms with Crippen LogP contribution in [0.4, 0.5) is 0 Å². The lowest BCUT2D eigenvalue weighted by Crippen LogP contribution is -2.42. The zero-order valence-corrected chi connectivity index (χ0v) is 36.6. The number of aliphatic carboxylic acids is 1. The number of thioether (sulfide) groups is 1. The number of rotatable bonds is 16. The van der Waals surface area contributed by atoms with Gasteiger partial charge >= 0.3 is 5.97 Å². The Kier molecular flexibility index (Phi) is 25.0. The number of nitrogens with one attached hydrogen (secondary N) is 1. The lowest BCUT2D eigenvalue weighted by Gasteiger charge is -2.25. The van der Waals surface area contributed by atoms with Gasteiger partial charge in [0.25, 0.3) is 5.91 Å². The maximum absolute atomic E-state index is 13.3. The number of amides is 1. The topological polar surface area (TPSA) is 122 Å². The first-order valence-electron chi connectivity index (χ1n) is 20.0. The SMILES string of the molecule is CC.CCCC(C)SC(C)CC.COC.Cc1ccccc1-c1cc(CN2CCC(OC3CCCCC3)C2)ccc1C(=O)NC(CCS(C)(=O)=O)C(=O)O. The van der Waals surface area contributed by atoms with Crippen LogP contribution in [0.5, 0.6) is 0 Å². The highest BCUT2D eigenvalue weighted by Crippen LogP contribution is 2.30. The van der Waals surface area contributed by atoms with Crippen molar-refractivity contribution in [2.45, 2.75) is 148 Å². The van der Waals surface area contributed by atoms with Crippen LogP contribution in [0.1, 0.15) is 127 Å². The van der Waals surface area contributed by atoms with E-state index in [9.17, 15) is 23.1 Å². The number of likely N-dealkylation sites (tertiary alicyclic amines) is 1. The van der Waals surface area contributed by atoms with Crippen molar-refractivity contribution in [2.75, 3.05) is 39.3 Å². The number of nitrogens with zero attached hydrogens (tertiary/aromatic N) is 1. The van der Waals surface area contributed by atoms with Crippen LogP contribution >= 0.6 is 11.8 Å². The molecule has 1 amide bonds. The monoisotopic (exact) mass is 792 g/mol. The Labute approximate surface area is 332 Å². The van der Waals surface area contributed by atoms with Crippen LogP contribution in [0.2, 0.25) is 0 Å². The van der Waals surface area contributed by atoms with E-state index < -0.39 is 27.8 Å².